The normalized spacial score (nSPS) is 11.3. The first-order valence-corrected chi connectivity index (χ1v) is 7.27. The molecular formula is C17H15N5O. The molecule has 0 fully saturated rings. The number of hydrogen-bond donors (Lipinski definition) is 0. The Labute approximate surface area is 132 Å². The maximum absolute atomic E-state index is 5.61. The summed E-state index contributed by atoms with van der Waals surface area (Å²) in [6.07, 6.45) is 3.68. The number of rotatable bonds is 2. The molecule has 3 heterocycles. The molecule has 6 heteroatoms. The lowest BCUT2D eigenvalue weighted by molar-refractivity contribution is 0.421. The van der Waals surface area contributed by atoms with Crippen LogP contribution >= 0.6 is 0 Å². The van der Waals surface area contributed by atoms with E-state index in [0.29, 0.717) is 5.82 Å². The van der Waals surface area contributed by atoms with E-state index in [0.717, 1.165) is 38.9 Å². The van der Waals surface area contributed by atoms with Gasteiger partial charge in [-0.3, -0.25) is 4.68 Å². The Hall–Kier alpha value is -3.02. The van der Waals surface area contributed by atoms with E-state index in [9.17, 15) is 0 Å². The van der Waals surface area contributed by atoms with Gasteiger partial charge in [0.05, 0.1) is 35.3 Å². The van der Waals surface area contributed by atoms with Crippen LogP contribution in [-0.4, -0.2) is 31.8 Å². The molecule has 23 heavy (non-hydrogen) atoms. The zero-order chi connectivity index (χ0) is 16.0. The van der Waals surface area contributed by atoms with Gasteiger partial charge < -0.3 is 4.74 Å². The van der Waals surface area contributed by atoms with Crippen LogP contribution < -0.4 is 4.74 Å². The molecule has 0 aliphatic rings. The van der Waals surface area contributed by atoms with Gasteiger partial charge in [0.25, 0.3) is 0 Å². The molecule has 0 amide bonds. The summed E-state index contributed by atoms with van der Waals surface area (Å²) in [5, 5.41) is 5.34. The fourth-order valence-electron chi connectivity index (χ4n) is 2.74. The Morgan fingerprint density at radius 1 is 1.00 bits per heavy atom. The van der Waals surface area contributed by atoms with Gasteiger partial charge in [0, 0.05) is 18.9 Å². The highest BCUT2D eigenvalue weighted by atomic mass is 16.5. The average molecular weight is 305 g/mol. The summed E-state index contributed by atoms with van der Waals surface area (Å²) >= 11 is 0. The van der Waals surface area contributed by atoms with E-state index < -0.39 is 0 Å². The SMILES string of the molecule is COc1c(-c2ncc3nc(C)ccc3n2)ccc2nn(C)cc12. The minimum Gasteiger partial charge on any atom is -0.495 e. The van der Waals surface area contributed by atoms with Crippen LogP contribution in [0.5, 0.6) is 5.75 Å². The predicted octanol–water partition coefficient (Wildman–Crippen LogP) is 2.90. The molecule has 0 atom stereocenters. The van der Waals surface area contributed by atoms with Crippen LogP contribution in [0.2, 0.25) is 0 Å². The molecule has 114 valence electrons. The second-order valence-corrected chi connectivity index (χ2v) is 5.43. The van der Waals surface area contributed by atoms with E-state index in [4.69, 9.17) is 4.74 Å². The topological polar surface area (TPSA) is 65.7 Å². The molecule has 0 aliphatic carbocycles. The molecule has 4 rings (SSSR count). The summed E-state index contributed by atoms with van der Waals surface area (Å²) in [6, 6.07) is 7.80. The van der Waals surface area contributed by atoms with Gasteiger partial charge in [-0.15, -0.1) is 0 Å². The summed E-state index contributed by atoms with van der Waals surface area (Å²) in [7, 11) is 3.54. The Bertz CT molecular complexity index is 1040. The second-order valence-electron chi connectivity index (χ2n) is 5.43. The van der Waals surface area contributed by atoms with Gasteiger partial charge in [-0.2, -0.15) is 5.10 Å². The third-order valence-electron chi connectivity index (χ3n) is 3.78. The molecule has 3 aromatic heterocycles. The molecule has 0 spiro atoms. The maximum Gasteiger partial charge on any atom is 0.163 e. The van der Waals surface area contributed by atoms with Gasteiger partial charge in [0.15, 0.2) is 5.82 Å². The predicted molar refractivity (Wildman–Crippen MR) is 88.3 cm³/mol. The van der Waals surface area contributed by atoms with Gasteiger partial charge in [0.1, 0.15) is 11.3 Å². The number of methoxy groups -OCH3 is 1. The first kappa shape index (κ1) is 13.6. The van der Waals surface area contributed by atoms with Crippen molar-refractivity contribution in [3.63, 3.8) is 0 Å². The molecule has 4 aromatic rings. The third-order valence-corrected chi connectivity index (χ3v) is 3.78. The third kappa shape index (κ3) is 2.19. The highest BCUT2D eigenvalue weighted by Crippen LogP contribution is 2.34. The number of aromatic nitrogens is 5. The fourth-order valence-corrected chi connectivity index (χ4v) is 2.74. The lowest BCUT2D eigenvalue weighted by atomic mass is 10.1. The van der Waals surface area contributed by atoms with Gasteiger partial charge in [0.2, 0.25) is 0 Å². The summed E-state index contributed by atoms with van der Waals surface area (Å²) in [4.78, 5) is 13.5. The average Bonchev–Trinajstić information content (AvgIpc) is 2.93. The van der Waals surface area contributed by atoms with Crippen molar-refractivity contribution in [2.24, 2.45) is 7.05 Å². The van der Waals surface area contributed by atoms with E-state index in [1.54, 1.807) is 18.0 Å². The van der Waals surface area contributed by atoms with E-state index in [-0.39, 0.29) is 0 Å². The molecule has 0 N–H and O–H groups in total. The van der Waals surface area contributed by atoms with Gasteiger partial charge in [-0.1, -0.05) is 0 Å². The summed E-state index contributed by atoms with van der Waals surface area (Å²) in [6.45, 7) is 1.95. The first-order valence-electron chi connectivity index (χ1n) is 7.27. The molecule has 0 bridgehead atoms. The van der Waals surface area contributed by atoms with Crippen molar-refractivity contribution in [3.05, 3.63) is 42.4 Å². The van der Waals surface area contributed by atoms with Crippen LogP contribution in [0.3, 0.4) is 0 Å². The largest absolute Gasteiger partial charge is 0.495 e. The van der Waals surface area contributed by atoms with E-state index >= 15 is 0 Å². The van der Waals surface area contributed by atoms with Crippen LogP contribution in [-0.2, 0) is 7.05 Å². The number of hydrogen-bond acceptors (Lipinski definition) is 5. The number of ether oxygens (including phenoxy) is 1. The Morgan fingerprint density at radius 2 is 1.83 bits per heavy atom. The number of aryl methyl sites for hydroxylation is 2. The summed E-state index contributed by atoms with van der Waals surface area (Å²) in [5.41, 5.74) is 4.27. The first-order chi connectivity index (χ1) is 11.2. The molecule has 0 saturated heterocycles. The van der Waals surface area contributed by atoms with Crippen LogP contribution in [0.1, 0.15) is 5.69 Å². The van der Waals surface area contributed by atoms with Crippen molar-refractivity contribution in [1.82, 2.24) is 24.7 Å². The lowest BCUT2D eigenvalue weighted by Gasteiger charge is -2.09. The molecule has 0 aliphatic heterocycles. The van der Waals surface area contributed by atoms with Gasteiger partial charge in [-0.25, -0.2) is 15.0 Å². The zero-order valence-electron chi connectivity index (χ0n) is 13.1. The minimum atomic E-state index is 0.616. The number of fused-ring (bicyclic) bond motifs is 2. The number of nitrogens with zero attached hydrogens (tertiary/aromatic N) is 5. The number of pyridine rings is 1. The monoisotopic (exact) mass is 305 g/mol. The maximum atomic E-state index is 5.61. The fraction of sp³-hybridized carbons (Fsp3) is 0.176. The van der Waals surface area contributed by atoms with Crippen molar-refractivity contribution in [3.8, 4) is 17.1 Å². The standard InChI is InChI=1S/C17H15N5O/c1-10-4-6-14-15(19-10)8-18-17(20-14)11-5-7-13-12(16(11)23-3)9-22(2)21-13/h4-9H,1-3H3. The van der Waals surface area contributed by atoms with Crippen molar-refractivity contribution in [2.45, 2.75) is 6.92 Å². The van der Waals surface area contributed by atoms with E-state index in [1.807, 2.05) is 44.4 Å². The molecule has 6 nitrogen and oxygen atoms in total. The van der Waals surface area contributed by atoms with Crippen LogP contribution in [0, 0.1) is 6.92 Å². The van der Waals surface area contributed by atoms with Crippen molar-refractivity contribution in [1.29, 1.82) is 0 Å². The molecule has 0 unspecified atom stereocenters. The van der Waals surface area contributed by atoms with Crippen molar-refractivity contribution in [2.75, 3.05) is 7.11 Å². The van der Waals surface area contributed by atoms with E-state index in [2.05, 4.69) is 20.1 Å². The van der Waals surface area contributed by atoms with Crippen LogP contribution in [0.25, 0.3) is 33.3 Å². The lowest BCUT2D eigenvalue weighted by Crippen LogP contribution is -1.95. The highest BCUT2D eigenvalue weighted by molar-refractivity contribution is 5.92. The summed E-state index contributed by atoms with van der Waals surface area (Å²) in [5.74, 6) is 1.35. The smallest absolute Gasteiger partial charge is 0.163 e. The van der Waals surface area contributed by atoms with E-state index in [1.165, 1.54) is 0 Å². The summed E-state index contributed by atoms with van der Waals surface area (Å²) < 4.78 is 7.38. The Kier molecular flexibility index (Phi) is 2.97. The Morgan fingerprint density at radius 3 is 2.65 bits per heavy atom. The minimum absolute atomic E-state index is 0.616. The Balaban J connectivity index is 1.96. The molecule has 0 saturated carbocycles. The second kappa shape index (κ2) is 5.01. The number of benzene rings is 1. The van der Waals surface area contributed by atoms with Crippen molar-refractivity contribution >= 4 is 21.9 Å². The van der Waals surface area contributed by atoms with Crippen molar-refractivity contribution < 1.29 is 4.74 Å². The highest BCUT2D eigenvalue weighted by Gasteiger charge is 2.15. The molecule has 0 radical (unpaired) electrons. The quantitative estimate of drug-likeness (QED) is 0.569. The van der Waals surface area contributed by atoms with Gasteiger partial charge in [-0.05, 0) is 31.2 Å². The molecular weight excluding hydrogens is 290 g/mol. The van der Waals surface area contributed by atoms with Gasteiger partial charge >= 0.3 is 0 Å². The van der Waals surface area contributed by atoms with Crippen LogP contribution in [0.4, 0.5) is 0 Å². The molecule has 1 aromatic carbocycles. The zero-order valence-corrected chi connectivity index (χ0v) is 13.1. The van der Waals surface area contributed by atoms with Crippen LogP contribution in [0.15, 0.2) is 36.7 Å².